The molecule has 2 heteroatoms. The summed E-state index contributed by atoms with van der Waals surface area (Å²) in [5.41, 5.74) is 0. The fraction of sp³-hybridized carbons (Fsp3) is 0.833. The lowest BCUT2D eigenvalue weighted by Crippen LogP contribution is -1.78. The van der Waals surface area contributed by atoms with Gasteiger partial charge in [-0.1, -0.05) is 6.42 Å². The maximum Gasteiger partial charge on any atom is -0.00477 e. The first-order valence-electron chi connectivity index (χ1n) is 3.01. The third-order valence-corrected chi connectivity index (χ3v) is 1.32. The smallest absolute Gasteiger partial charge is 0.00477 e. The van der Waals surface area contributed by atoms with Crippen LogP contribution in [0.15, 0.2) is 0 Å². The molecule has 0 saturated carbocycles. The number of thiol groups is 1. The Morgan fingerprint density at radius 3 is 2.50 bits per heavy atom. The van der Waals surface area contributed by atoms with Gasteiger partial charge in [0, 0.05) is 0 Å². The Kier molecular flexibility index (Phi) is 7.04. The molecule has 48 valence electrons. The zero-order valence-corrected chi connectivity index (χ0v) is 5.95. The minimum absolute atomic E-state index is 0.938. The highest BCUT2D eigenvalue weighted by molar-refractivity contribution is 7.80. The van der Waals surface area contributed by atoms with Crippen LogP contribution >= 0.6 is 12.6 Å². The molecule has 0 saturated heterocycles. The molecular formula is C6H13NS. The van der Waals surface area contributed by atoms with Crippen LogP contribution in [-0.2, 0) is 0 Å². The van der Waals surface area contributed by atoms with Crippen LogP contribution in [0.3, 0.4) is 0 Å². The molecule has 1 N–H and O–H groups in total. The van der Waals surface area contributed by atoms with E-state index in [2.05, 4.69) is 12.6 Å². The highest BCUT2D eigenvalue weighted by Gasteiger charge is 1.82. The number of unbranched alkanes of at least 4 members (excludes halogenated alkanes) is 3. The lowest BCUT2D eigenvalue weighted by atomic mass is 10.2. The van der Waals surface area contributed by atoms with E-state index in [0.29, 0.717) is 0 Å². The third kappa shape index (κ3) is 6.02. The molecule has 0 aliphatic heterocycles. The summed E-state index contributed by atoms with van der Waals surface area (Å²) >= 11 is 4.07. The van der Waals surface area contributed by atoms with Gasteiger partial charge in [0.1, 0.15) is 0 Å². The average molecular weight is 131 g/mol. The Morgan fingerprint density at radius 1 is 1.25 bits per heavy atom. The minimum atomic E-state index is 0.938. The zero-order valence-electron chi connectivity index (χ0n) is 5.06. The molecule has 0 aliphatic carbocycles. The van der Waals surface area contributed by atoms with Crippen LogP contribution in [0.1, 0.15) is 25.7 Å². The second-order valence-electron chi connectivity index (χ2n) is 1.78. The predicted molar refractivity (Wildman–Crippen MR) is 41.1 cm³/mol. The molecule has 0 bridgehead atoms. The van der Waals surface area contributed by atoms with E-state index in [4.69, 9.17) is 5.41 Å². The largest absolute Gasteiger partial charge is 0.313 e. The summed E-state index contributed by atoms with van der Waals surface area (Å²) in [5, 5.41) is 6.69. The highest BCUT2D eigenvalue weighted by atomic mass is 32.1. The molecule has 0 unspecified atom stereocenters. The van der Waals surface area contributed by atoms with E-state index in [1.165, 1.54) is 19.1 Å². The fourth-order valence-electron chi connectivity index (χ4n) is 0.535. The molecule has 0 aromatic carbocycles. The lowest BCUT2D eigenvalue weighted by molar-refractivity contribution is 0.752. The molecule has 0 atom stereocenters. The summed E-state index contributed by atoms with van der Waals surface area (Å²) in [5.74, 6) is 0.984. The Labute approximate surface area is 56.4 Å². The minimum Gasteiger partial charge on any atom is -0.313 e. The summed E-state index contributed by atoms with van der Waals surface area (Å²) in [6.07, 6.45) is 5.98. The van der Waals surface area contributed by atoms with Gasteiger partial charge in [0.15, 0.2) is 0 Å². The van der Waals surface area contributed by atoms with E-state index in [0.717, 1.165) is 18.6 Å². The van der Waals surface area contributed by atoms with Gasteiger partial charge in [0.05, 0.1) is 0 Å². The van der Waals surface area contributed by atoms with E-state index >= 15 is 0 Å². The van der Waals surface area contributed by atoms with Crippen LogP contribution in [0.4, 0.5) is 0 Å². The molecular weight excluding hydrogens is 118 g/mol. The molecule has 0 aromatic heterocycles. The quantitative estimate of drug-likeness (QED) is 0.324. The van der Waals surface area contributed by atoms with Crippen molar-refractivity contribution < 1.29 is 0 Å². The zero-order chi connectivity index (χ0) is 6.24. The summed E-state index contributed by atoms with van der Waals surface area (Å²) in [4.78, 5) is 0. The summed E-state index contributed by atoms with van der Waals surface area (Å²) in [7, 11) is 0. The van der Waals surface area contributed by atoms with Gasteiger partial charge >= 0.3 is 0 Å². The Bertz CT molecular complexity index is 54.5. The SMILES string of the molecule is N=CCCCCCS. The van der Waals surface area contributed by atoms with Gasteiger partial charge < -0.3 is 5.41 Å². The van der Waals surface area contributed by atoms with Crippen LogP contribution < -0.4 is 0 Å². The topological polar surface area (TPSA) is 23.9 Å². The highest BCUT2D eigenvalue weighted by Crippen LogP contribution is 1.97. The maximum absolute atomic E-state index is 6.69. The summed E-state index contributed by atoms with van der Waals surface area (Å²) in [6.45, 7) is 0. The first-order chi connectivity index (χ1) is 3.91. The molecule has 0 spiro atoms. The van der Waals surface area contributed by atoms with E-state index < -0.39 is 0 Å². The van der Waals surface area contributed by atoms with Crippen LogP contribution in [0, 0.1) is 5.41 Å². The van der Waals surface area contributed by atoms with Crippen molar-refractivity contribution in [2.45, 2.75) is 25.7 Å². The van der Waals surface area contributed by atoms with Gasteiger partial charge in [-0.2, -0.15) is 12.6 Å². The molecule has 0 radical (unpaired) electrons. The van der Waals surface area contributed by atoms with Gasteiger partial charge in [0.25, 0.3) is 0 Å². The average Bonchev–Trinajstić information content (AvgIpc) is 1.81. The predicted octanol–water partition coefficient (Wildman–Crippen LogP) is 2.13. The molecule has 0 aliphatic rings. The van der Waals surface area contributed by atoms with Crippen molar-refractivity contribution in [3.05, 3.63) is 0 Å². The Morgan fingerprint density at radius 2 is 2.00 bits per heavy atom. The van der Waals surface area contributed by atoms with Crippen LogP contribution in [0.5, 0.6) is 0 Å². The van der Waals surface area contributed by atoms with Gasteiger partial charge in [-0.15, -0.1) is 0 Å². The molecule has 0 heterocycles. The first kappa shape index (κ1) is 8.02. The van der Waals surface area contributed by atoms with Crippen LogP contribution in [0.2, 0.25) is 0 Å². The summed E-state index contributed by atoms with van der Waals surface area (Å²) in [6, 6.07) is 0. The van der Waals surface area contributed by atoms with Crippen LogP contribution in [0.25, 0.3) is 0 Å². The summed E-state index contributed by atoms with van der Waals surface area (Å²) < 4.78 is 0. The first-order valence-corrected chi connectivity index (χ1v) is 3.65. The van der Waals surface area contributed by atoms with Crippen molar-refractivity contribution in [2.75, 3.05) is 5.75 Å². The van der Waals surface area contributed by atoms with Crippen molar-refractivity contribution in [3.8, 4) is 0 Å². The second-order valence-corrected chi connectivity index (χ2v) is 2.22. The van der Waals surface area contributed by atoms with Crippen LogP contribution in [-0.4, -0.2) is 12.0 Å². The number of hydrogen-bond acceptors (Lipinski definition) is 2. The molecule has 0 amide bonds. The van der Waals surface area contributed by atoms with E-state index in [-0.39, 0.29) is 0 Å². The normalized spacial score (nSPS) is 9.12. The maximum atomic E-state index is 6.69. The second kappa shape index (κ2) is 7.02. The van der Waals surface area contributed by atoms with Crippen molar-refractivity contribution >= 4 is 18.8 Å². The monoisotopic (exact) mass is 131 g/mol. The third-order valence-electron chi connectivity index (χ3n) is 1.01. The van der Waals surface area contributed by atoms with Crippen molar-refractivity contribution in [1.82, 2.24) is 0 Å². The van der Waals surface area contributed by atoms with E-state index in [1.807, 2.05) is 0 Å². The molecule has 0 rings (SSSR count). The van der Waals surface area contributed by atoms with Crippen molar-refractivity contribution in [3.63, 3.8) is 0 Å². The van der Waals surface area contributed by atoms with Gasteiger partial charge in [0.2, 0.25) is 0 Å². The number of rotatable bonds is 5. The molecule has 0 aromatic rings. The number of hydrogen-bond donors (Lipinski definition) is 2. The van der Waals surface area contributed by atoms with Gasteiger partial charge in [-0.3, -0.25) is 0 Å². The lowest BCUT2D eigenvalue weighted by Gasteiger charge is -1.90. The van der Waals surface area contributed by atoms with Crippen molar-refractivity contribution in [1.29, 1.82) is 5.41 Å². The standard InChI is InChI=1S/C6H13NS/c7-5-3-1-2-4-6-8/h5,7-8H,1-4,6H2. The number of nitrogens with one attached hydrogen (secondary N) is 1. The van der Waals surface area contributed by atoms with Gasteiger partial charge in [-0.25, -0.2) is 0 Å². The Balaban J connectivity index is 2.62. The molecule has 8 heavy (non-hydrogen) atoms. The molecule has 1 nitrogen and oxygen atoms in total. The van der Waals surface area contributed by atoms with E-state index in [9.17, 15) is 0 Å². The fourth-order valence-corrected chi connectivity index (χ4v) is 0.759. The van der Waals surface area contributed by atoms with Crippen molar-refractivity contribution in [2.24, 2.45) is 0 Å². The molecule has 0 fully saturated rings. The van der Waals surface area contributed by atoms with E-state index in [1.54, 1.807) is 0 Å². The van der Waals surface area contributed by atoms with Gasteiger partial charge in [-0.05, 0) is 31.2 Å². The Hall–Kier alpha value is 0.0200.